The molecule has 0 aliphatic heterocycles. The summed E-state index contributed by atoms with van der Waals surface area (Å²) in [5.74, 6) is 0. The van der Waals surface area contributed by atoms with Gasteiger partial charge in [-0.3, -0.25) is 4.68 Å². The molecule has 0 aliphatic rings. The van der Waals surface area contributed by atoms with Crippen molar-refractivity contribution in [3.63, 3.8) is 0 Å². The van der Waals surface area contributed by atoms with Crippen LogP contribution in [0, 0.1) is 0 Å². The standard InChI is InChI=1S/C11H15N3O/c1-9(2)14-7-11(6-13-14)12-5-10-3-4-15-8-10/h3-4,6-9,12H,5H2,1-2H3. The maximum Gasteiger partial charge on any atom is 0.0952 e. The number of furan rings is 1. The molecule has 15 heavy (non-hydrogen) atoms. The van der Waals surface area contributed by atoms with E-state index in [-0.39, 0.29) is 0 Å². The highest BCUT2D eigenvalue weighted by Gasteiger charge is 2.01. The summed E-state index contributed by atoms with van der Waals surface area (Å²) in [5.41, 5.74) is 2.16. The van der Waals surface area contributed by atoms with Crippen molar-refractivity contribution >= 4 is 5.69 Å². The second-order valence-electron chi connectivity index (χ2n) is 3.79. The largest absolute Gasteiger partial charge is 0.472 e. The third-order valence-corrected chi connectivity index (χ3v) is 2.21. The average Bonchev–Trinajstić information content (AvgIpc) is 2.86. The monoisotopic (exact) mass is 205 g/mol. The zero-order valence-electron chi connectivity index (χ0n) is 8.97. The molecule has 0 saturated heterocycles. The van der Waals surface area contributed by atoms with Crippen LogP contribution in [0.25, 0.3) is 0 Å². The first kappa shape index (κ1) is 9.83. The van der Waals surface area contributed by atoms with Crippen LogP contribution < -0.4 is 5.32 Å². The molecule has 2 aromatic rings. The van der Waals surface area contributed by atoms with Gasteiger partial charge >= 0.3 is 0 Å². The van der Waals surface area contributed by atoms with Crippen LogP contribution in [-0.2, 0) is 6.54 Å². The molecule has 0 bridgehead atoms. The molecule has 0 atom stereocenters. The first-order chi connectivity index (χ1) is 7.25. The molecule has 0 aliphatic carbocycles. The molecule has 0 saturated carbocycles. The number of anilines is 1. The lowest BCUT2D eigenvalue weighted by molar-refractivity contribution is 0.532. The number of aromatic nitrogens is 2. The highest BCUT2D eigenvalue weighted by molar-refractivity contribution is 5.38. The molecule has 80 valence electrons. The SMILES string of the molecule is CC(C)n1cc(NCc2ccoc2)cn1. The van der Waals surface area contributed by atoms with E-state index in [4.69, 9.17) is 4.42 Å². The number of rotatable bonds is 4. The topological polar surface area (TPSA) is 43.0 Å². The summed E-state index contributed by atoms with van der Waals surface area (Å²) in [7, 11) is 0. The van der Waals surface area contributed by atoms with Crippen molar-refractivity contribution in [1.29, 1.82) is 0 Å². The first-order valence-electron chi connectivity index (χ1n) is 5.05. The number of nitrogens with zero attached hydrogens (tertiary/aromatic N) is 2. The third kappa shape index (κ3) is 2.40. The maximum atomic E-state index is 4.99. The van der Waals surface area contributed by atoms with E-state index in [0.29, 0.717) is 6.04 Å². The van der Waals surface area contributed by atoms with Crippen LogP contribution >= 0.6 is 0 Å². The van der Waals surface area contributed by atoms with Crippen LogP contribution in [0.3, 0.4) is 0 Å². The van der Waals surface area contributed by atoms with Crippen LogP contribution in [0.5, 0.6) is 0 Å². The van der Waals surface area contributed by atoms with E-state index in [9.17, 15) is 0 Å². The van der Waals surface area contributed by atoms with Crippen molar-refractivity contribution in [1.82, 2.24) is 9.78 Å². The van der Waals surface area contributed by atoms with E-state index in [1.165, 1.54) is 0 Å². The summed E-state index contributed by atoms with van der Waals surface area (Å²) >= 11 is 0. The molecule has 0 radical (unpaired) electrons. The molecule has 2 heterocycles. The number of hydrogen-bond acceptors (Lipinski definition) is 3. The highest BCUT2D eigenvalue weighted by atomic mass is 16.3. The van der Waals surface area contributed by atoms with Gasteiger partial charge in [-0.15, -0.1) is 0 Å². The van der Waals surface area contributed by atoms with Gasteiger partial charge < -0.3 is 9.73 Å². The summed E-state index contributed by atoms with van der Waals surface area (Å²) in [6, 6.07) is 2.34. The van der Waals surface area contributed by atoms with Crippen LogP contribution in [0.2, 0.25) is 0 Å². The van der Waals surface area contributed by atoms with Crippen LogP contribution in [0.1, 0.15) is 25.5 Å². The Morgan fingerprint density at radius 3 is 3.00 bits per heavy atom. The quantitative estimate of drug-likeness (QED) is 0.834. The van der Waals surface area contributed by atoms with Gasteiger partial charge in [0.25, 0.3) is 0 Å². The molecule has 0 unspecified atom stereocenters. The van der Waals surface area contributed by atoms with Gasteiger partial charge in [-0.1, -0.05) is 0 Å². The molecule has 2 aromatic heterocycles. The molecular formula is C11H15N3O. The van der Waals surface area contributed by atoms with E-state index in [0.717, 1.165) is 17.8 Å². The van der Waals surface area contributed by atoms with Crippen molar-refractivity contribution in [2.24, 2.45) is 0 Å². The molecular weight excluding hydrogens is 190 g/mol. The fraction of sp³-hybridized carbons (Fsp3) is 0.364. The Morgan fingerprint density at radius 2 is 2.40 bits per heavy atom. The van der Waals surface area contributed by atoms with E-state index < -0.39 is 0 Å². The lowest BCUT2D eigenvalue weighted by Gasteiger charge is -2.03. The molecule has 1 N–H and O–H groups in total. The van der Waals surface area contributed by atoms with Crippen molar-refractivity contribution in [3.05, 3.63) is 36.5 Å². The van der Waals surface area contributed by atoms with E-state index >= 15 is 0 Å². The van der Waals surface area contributed by atoms with Crippen molar-refractivity contribution < 1.29 is 4.42 Å². The molecule has 2 rings (SSSR count). The summed E-state index contributed by atoms with van der Waals surface area (Å²) in [6.07, 6.45) is 7.25. The fourth-order valence-electron chi connectivity index (χ4n) is 1.31. The minimum absolute atomic E-state index is 0.398. The highest BCUT2D eigenvalue weighted by Crippen LogP contribution is 2.11. The molecule has 0 fully saturated rings. The summed E-state index contributed by atoms with van der Waals surface area (Å²) in [6.45, 7) is 4.97. The molecule has 4 nitrogen and oxygen atoms in total. The Bertz CT molecular complexity index is 403. The van der Waals surface area contributed by atoms with Gasteiger partial charge in [-0.2, -0.15) is 5.10 Å². The number of hydrogen-bond donors (Lipinski definition) is 1. The third-order valence-electron chi connectivity index (χ3n) is 2.21. The normalized spacial score (nSPS) is 10.9. The smallest absolute Gasteiger partial charge is 0.0952 e. The van der Waals surface area contributed by atoms with Crippen molar-refractivity contribution in [2.45, 2.75) is 26.4 Å². The molecule has 4 heteroatoms. The van der Waals surface area contributed by atoms with E-state index in [1.54, 1.807) is 12.5 Å². The van der Waals surface area contributed by atoms with Crippen molar-refractivity contribution in [2.75, 3.05) is 5.32 Å². The Balaban J connectivity index is 1.94. The van der Waals surface area contributed by atoms with Crippen LogP contribution in [0.4, 0.5) is 5.69 Å². The summed E-state index contributed by atoms with van der Waals surface area (Å²) in [5, 5.41) is 7.53. The van der Waals surface area contributed by atoms with Crippen LogP contribution in [0.15, 0.2) is 35.4 Å². The minimum atomic E-state index is 0.398. The van der Waals surface area contributed by atoms with Crippen LogP contribution in [-0.4, -0.2) is 9.78 Å². The summed E-state index contributed by atoms with van der Waals surface area (Å²) in [4.78, 5) is 0. The Labute approximate surface area is 88.9 Å². The first-order valence-corrected chi connectivity index (χ1v) is 5.05. The average molecular weight is 205 g/mol. The zero-order chi connectivity index (χ0) is 10.7. The summed E-state index contributed by atoms with van der Waals surface area (Å²) < 4.78 is 6.91. The maximum absolute atomic E-state index is 4.99. The lowest BCUT2D eigenvalue weighted by Crippen LogP contribution is -2.00. The van der Waals surface area contributed by atoms with E-state index in [1.807, 2.05) is 23.1 Å². The Kier molecular flexibility index (Phi) is 2.76. The Hall–Kier alpha value is -1.71. The predicted octanol–water partition coefficient (Wildman–Crippen LogP) is 2.67. The van der Waals surface area contributed by atoms with Gasteiger partial charge in [0.15, 0.2) is 0 Å². The molecule has 0 aromatic carbocycles. The zero-order valence-corrected chi connectivity index (χ0v) is 8.97. The van der Waals surface area contributed by atoms with Crippen molar-refractivity contribution in [3.8, 4) is 0 Å². The number of nitrogens with one attached hydrogen (secondary N) is 1. The van der Waals surface area contributed by atoms with Gasteiger partial charge in [-0.05, 0) is 19.9 Å². The molecule has 0 amide bonds. The fourth-order valence-corrected chi connectivity index (χ4v) is 1.31. The lowest BCUT2D eigenvalue weighted by atomic mass is 10.3. The van der Waals surface area contributed by atoms with E-state index in [2.05, 4.69) is 24.3 Å². The van der Waals surface area contributed by atoms with Gasteiger partial charge in [0, 0.05) is 24.3 Å². The van der Waals surface area contributed by atoms with Gasteiger partial charge in [0.2, 0.25) is 0 Å². The molecule has 0 spiro atoms. The van der Waals surface area contributed by atoms with Gasteiger partial charge in [0.05, 0.1) is 24.4 Å². The van der Waals surface area contributed by atoms with Gasteiger partial charge in [0.1, 0.15) is 0 Å². The second kappa shape index (κ2) is 4.21. The van der Waals surface area contributed by atoms with Gasteiger partial charge in [-0.25, -0.2) is 0 Å². The minimum Gasteiger partial charge on any atom is -0.472 e. The Morgan fingerprint density at radius 1 is 1.53 bits per heavy atom. The second-order valence-corrected chi connectivity index (χ2v) is 3.79. The predicted molar refractivity (Wildman–Crippen MR) is 58.6 cm³/mol.